The molecule has 0 aromatic heterocycles. The maximum absolute atomic E-state index is 12.0. The average Bonchev–Trinajstić information content (AvgIpc) is 2.59. The summed E-state index contributed by atoms with van der Waals surface area (Å²) in [5.74, 6) is 0.224. The predicted molar refractivity (Wildman–Crippen MR) is 65.2 cm³/mol. The molecule has 3 nitrogen and oxygen atoms in total. The number of rotatable bonds is 2. The highest BCUT2D eigenvalue weighted by Crippen LogP contribution is 2.36. The lowest BCUT2D eigenvalue weighted by molar-refractivity contribution is -0.124. The Balaban J connectivity index is 1.79. The highest BCUT2D eigenvalue weighted by atomic mass is 16.2. The molecule has 92 valence electrons. The first-order valence-corrected chi connectivity index (χ1v) is 6.61. The molecule has 0 radical (unpaired) electrons. The van der Waals surface area contributed by atoms with Crippen molar-refractivity contribution >= 4 is 5.91 Å². The molecule has 0 bridgehead atoms. The molecule has 1 aliphatic heterocycles. The lowest BCUT2D eigenvalue weighted by atomic mass is 9.92. The van der Waals surface area contributed by atoms with Crippen molar-refractivity contribution in [3.05, 3.63) is 0 Å². The van der Waals surface area contributed by atoms with Crippen LogP contribution in [-0.4, -0.2) is 24.5 Å². The number of hydrogen-bond acceptors (Lipinski definition) is 2. The molecular weight excluding hydrogens is 200 g/mol. The fraction of sp³-hybridized carbons (Fsp3) is 0.923. The fourth-order valence-corrected chi connectivity index (χ4v) is 2.94. The van der Waals surface area contributed by atoms with Crippen LogP contribution in [0.15, 0.2) is 0 Å². The van der Waals surface area contributed by atoms with Crippen molar-refractivity contribution in [2.24, 2.45) is 5.41 Å². The number of carbonyl (C=O) groups is 1. The van der Waals surface area contributed by atoms with Crippen molar-refractivity contribution in [2.75, 3.05) is 6.54 Å². The highest BCUT2D eigenvalue weighted by Gasteiger charge is 2.33. The topological polar surface area (TPSA) is 41.1 Å². The molecule has 3 heteroatoms. The maximum atomic E-state index is 12.0. The van der Waals surface area contributed by atoms with E-state index in [1.165, 1.54) is 19.3 Å². The molecule has 1 aliphatic carbocycles. The van der Waals surface area contributed by atoms with Gasteiger partial charge in [0, 0.05) is 6.04 Å². The molecule has 16 heavy (non-hydrogen) atoms. The molecule has 0 aromatic rings. The maximum Gasteiger partial charge on any atom is 0.237 e. The van der Waals surface area contributed by atoms with E-state index >= 15 is 0 Å². The van der Waals surface area contributed by atoms with Gasteiger partial charge in [0.15, 0.2) is 0 Å². The first-order chi connectivity index (χ1) is 7.57. The molecule has 1 saturated heterocycles. The van der Waals surface area contributed by atoms with Crippen LogP contribution in [0.5, 0.6) is 0 Å². The molecule has 2 N–H and O–H groups in total. The Morgan fingerprint density at radius 2 is 2.12 bits per heavy atom. The SMILES string of the molecule is CC1(C)CCC(NC(=O)[C@H]2CCCCN2)C1. The molecule has 0 spiro atoms. The van der Waals surface area contributed by atoms with Crippen molar-refractivity contribution in [2.45, 2.75) is 64.5 Å². The fourth-order valence-electron chi connectivity index (χ4n) is 2.94. The Morgan fingerprint density at radius 1 is 1.31 bits per heavy atom. The first kappa shape index (κ1) is 11.9. The van der Waals surface area contributed by atoms with Gasteiger partial charge in [-0.1, -0.05) is 20.3 Å². The number of piperidine rings is 1. The van der Waals surface area contributed by atoms with Crippen LogP contribution >= 0.6 is 0 Å². The van der Waals surface area contributed by atoms with Crippen molar-refractivity contribution in [1.82, 2.24) is 10.6 Å². The zero-order valence-corrected chi connectivity index (χ0v) is 10.5. The van der Waals surface area contributed by atoms with Gasteiger partial charge in [-0.15, -0.1) is 0 Å². The second-order valence-corrected chi connectivity index (χ2v) is 6.12. The average molecular weight is 224 g/mol. The zero-order valence-electron chi connectivity index (χ0n) is 10.5. The van der Waals surface area contributed by atoms with Crippen LogP contribution < -0.4 is 10.6 Å². The number of hydrogen-bond donors (Lipinski definition) is 2. The van der Waals surface area contributed by atoms with E-state index in [1.807, 2.05) is 0 Å². The van der Waals surface area contributed by atoms with Gasteiger partial charge < -0.3 is 10.6 Å². The Morgan fingerprint density at radius 3 is 2.69 bits per heavy atom. The van der Waals surface area contributed by atoms with Crippen molar-refractivity contribution in [1.29, 1.82) is 0 Å². The van der Waals surface area contributed by atoms with Gasteiger partial charge in [0.05, 0.1) is 6.04 Å². The summed E-state index contributed by atoms with van der Waals surface area (Å²) in [6, 6.07) is 0.476. The van der Waals surface area contributed by atoms with Crippen LogP contribution in [-0.2, 0) is 4.79 Å². The smallest absolute Gasteiger partial charge is 0.237 e. The number of carbonyl (C=O) groups excluding carboxylic acids is 1. The van der Waals surface area contributed by atoms with Gasteiger partial charge in [-0.2, -0.15) is 0 Å². The lowest BCUT2D eigenvalue weighted by Gasteiger charge is -2.25. The summed E-state index contributed by atoms with van der Waals surface area (Å²) in [6.07, 6.45) is 6.90. The molecule has 2 rings (SSSR count). The molecule has 0 aromatic carbocycles. The Labute approximate surface area is 98.4 Å². The molecule has 2 fully saturated rings. The van der Waals surface area contributed by atoms with Crippen molar-refractivity contribution in [3.8, 4) is 0 Å². The minimum atomic E-state index is 0.0671. The van der Waals surface area contributed by atoms with Crippen LogP contribution in [0.25, 0.3) is 0 Å². The van der Waals surface area contributed by atoms with E-state index in [2.05, 4.69) is 24.5 Å². The molecule has 1 amide bonds. The summed E-state index contributed by atoms with van der Waals surface area (Å²) in [5.41, 5.74) is 0.415. The molecule has 2 aliphatic rings. The highest BCUT2D eigenvalue weighted by molar-refractivity contribution is 5.82. The third kappa shape index (κ3) is 2.97. The van der Waals surface area contributed by atoms with Crippen LogP contribution in [0.3, 0.4) is 0 Å². The summed E-state index contributed by atoms with van der Waals surface area (Å²) >= 11 is 0. The third-order valence-electron chi connectivity index (χ3n) is 3.94. The monoisotopic (exact) mass is 224 g/mol. The van der Waals surface area contributed by atoms with Gasteiger partial charge in [0.25, 0.3) is 0 Å². The summed E-state index contributed by atoms with van der Waals surface area (Å²) in [4.78, 5) is 12.0. The Kier molecular flexibility index (Phi) is 3.53. The van der Waals surface area contributed by atoms with E-state index in [0.717, 1.165) is 25.8 Å². The van der Waals surface area contributed by atoms with E-state index in [4.69, 9.17) is 0 Å². The lowest BCUT2D eigenvalue weighted by Crippen LogP contribution is -2.49. The number of nitrogens with one attached hydrogen (secondary N) is 2. The van der Waals surface area contributed by atoms with Crippen LogP contribution in [0, 0.1) is 5.41 Å². The van der Waals surface area contributed by atoms with E-state index in [9.17, 15) is 4.79 Å². The minimum absolute atomic E-state index is 0.0671. The minimum Gasteiger partial charge on any atom is -0.352 e. The van der Waals surface area contributed by atoms with E-state index in [-0.39, 0.29) is 11.9 Å². The molecule has 2 atom stereocenters. The second-order valence-electron chi connectivity index (χ2n) is 6.12. The largest absolute Gasteiger partial charge is 0.352 e. The molecule has 1 heterocycles. The van der Waals surface area contributed by atoms with Gasteiger partial charge in [-0.05, 0) is 44.1 Å². The third-order valence-corrected chi connectivity index (χ3v) is 3.94. The van der Waals surface area contributed by atoms with Gasteiger partial charge in [-0.3, -0.25) is 4.79 Å². The quantitative estimate of drug-likeness (QED) is 0.751. The Hall–Kier alpha value is -0.570. The van der Waals surface area contributed by atoms with Crippen molar-refractivity contribution in [3.63, 3.8) is 0 Å². The predicted octanol–water partition coefficient (Wildman–Crippen LogP) is 1.82. The Bertz CT molecular complexity index is 257. The first-order valence-electron chi connectivity index (χ1n) is 6.61. The summed E-state index contributed by atoms with van der Waals surface area (Å²) in [7, 11) is 0. The number of amides is 1. The van der Waals surface area contributed by atoms with E-state index in [1.54, 1.807) is 0 Å². The van der Waals surface area contributed by atoms with Gasteiger partial charge in [0.2, 0.25) is 5.91 Å². The molecular formula is C13H24N2O. The van der Waals surface area contributed by atoms with Crippen LogP contribution in [0.1, 0.15) is 52.4 Å². The van der Waals surface area contributed by atoms with Crippen LogP contribution in [0.4, 0.5) is 0 Å². The summed E-state index contributed by atoms with van der Waals surface area (Å²) in [6.45, 7) is 5.57. The second kappa shape index (κ2) is 4.74. The van der Waals surface area contributed by atoms with E-state index < -0.39 is 0 Å². The van der Waals surface area contributed by atoms with Crippen LogP contribution in [0.2, 0.25) is 0 Å². The standard InChI is InChI=1S/C13H24N2O/c1-13(2)7-6-10(9-13)15-12(16)11-5-3-4-8-14-11/h10-11,14H,3-9H2,1-2H3,(H,15,16)/t10?,11-/m1/s1. The normalized spacial score (nSPS) is 33.6. The zero-order chi connectivity index (χ0) is 11.6. The van der Waals surface area contributed by atoms with E-state index in [0.29, 0.717) is 11.5 Å². The van der Waals surface area contributed by atoms with Gasteiger partial charge in [0.1, 0.15) is 0 Å². The van der Waals surface area contributed by atoms with Gasteiger partial charge in [-0.25, -0.2) is 0 Å². The molecule has 1 saturated carbocycles. The van der Waals surface area contributed by atoms with Crippen molar-refractivity contribution < 1.29 is 4.79 Å². The summed E-state index contributed by atoms with van der Waals surface area (Å²) in [5, 5.41) is 6.50. The summed E-state index contributed by atoms with van der Waals surface area (Å²) < 4.78 is 0. The van der Waals surface area contributed by atoms with Gasteiger partial charge >= 0.3 is 0 Å². The molecule has 1 unspecified atom stereocenters.